The molecule has 9 heteroatoms. The summed E-state index contributed by atoms with van der Waals surface area (Å²) in [5.74, 6) is -0.131. The van der Waals surface area contributed by atoms with Crippen LogP contribution in [0.2, 0.25) is 10.0 Å². The van der Waals surface area contributed by atoms with Crippen LogP contribution in [0.15, 0.2) is 48.5 Å². The van der Waals surface area contributed by atoms with Crippen LogP contribution in [0, 0.1) is 5.92 Å². The molecule has 0 aliphatic carbocycles. The first-order chi connectivity index (χ1) is 18.2. The second-order valence-electron chi connectivity index (χ2n) is 10.4. The molecule has 1 aromatic heterocycles. The van der Waals surface area contributed by atoms with Crippen LogP contribution in [0.3, 0.4) is 0 Å². The Morgan fingerprint density at radius 2 is 1.63 bits per heavy atom. The minimum atomic E-state index is -0.130. The van der Waals surface area contributed by atoms with E-state index >= 15 is 0 Å². The van der Waals surface area contributed by atoms with Gasteiger partial charge in [-0.1, -0.05) is 47.5 Å². The topological polar surface area (TPSA) is 76.7 Å². The normalized spacial score (nSPS) is 20.5. The lowest BCUT2D eigenvalue weighted by atomic mass is 9.84. The van der Waals surface area contributed by atoms with Gasteiger partial charge in [0.05, 0.1) is 10.0 Å². The molecule has 200 valence electrons. The van der Waals surface area contributed by atoms with Gasteiger partial charge in [-0.15, -0.1) is 0 Å². The van der Waals surface area contributed by atoms with E-state index < -0.39 is 0 Å². The predicted molar refractivity (Wildman–Crippen MR) is 150 cm³/mol. The predicted octanol–water partition coefficient (Wildman–Crippen LogP) is 5.19. The van der Waals surface area contributed by atoms with Gasteiger partial charge in [0.2, 0.25) is 11.8 Å². The Bertz CT molecular complexity index is 1330. The largest absolute Gasteiger partial charge is 0.351 e. The minimum Gasteiger partial charge on any atom is -0.351 e. The number of carbonyl (C=O) groups excluding carboxylic acids is 3. The maximum atomic E-state index is 13.6. The molecule has 3 aromatic rings. The van der Waals surface area contributed by atoms with Gasteiger partial charge >= 0.3 is 0 Å². The molecule has 2 aliphatic rings. The van der Waals surface area contributed by atoms with Crippen LogP contribution in [0.5, 0.6) is 0 Å². The summed E-state index contributed by atoms with van der Waals surface area (Å²) in [7, 11) is 1.83. The number of nitrogens with zero attached hydrogens (tertiary/aromatic N) is 3. The molecule has 0 spiro atoms. The first-order valence-electron chi connectivity index (χ1n) is 13.1. The summed E-state index contributed by atoms with van der Waals surface area (Å²) in [6.45, 7) is 3.85. The summed E-state index contributed by atoms with van der Waals surface area (Å²) in [4.78, 5) is 47.6. The number of hydrogen-bond donors (Lipinski definition) is 1. The molecule has 1 N–H and O–H groups in total. The molecule has 2 fully saturated rings. The average molecular weight is 556 g/mol. The zero-order valence-electron chi connectivity index (χ0n) is 21.6. The molecule has 5 rings (SSSR count). The summed E-state index contributed by atoms with van der Waals surface area (Å²) >= 11 is 12.6. The van der Waals surface area contributed by atoms with Crippen molar-refractivity contribution < 1.29 is 14.4 Å². The molecular weight excluding hydrogens is 523 g/mol. The number of aromatic nitrogens is 1. The fraction of sp³-hybridized carbons (Fsp3) is 0.414. The Morgan fingerprint density at radius 1 is 0.921 bits per heavy atom. The quantitative estimate of drug-likeness (QED) is 0.482. The van der Waals surface area contributed by atoms with E-state index in [1.807, 2.05) is 54.4 Å². The molecular formula is C29H32Cl2N4O3. The van der Waals surface area contributed by atoms with Gasteiger partial charge in [0, 0.05) is 68.9 Å². The van der Waals surface area contributed by atoms with Crippen molar-refractivity contribution in [3.8, 4) is 0 Å². The number of hydrogen-bond acceptors (Lipinski definition) is 3. The maximum Gasteiger partial charge on any atom is 0.270 e. The SMILES string of the molecule is CC(=O)N1CCC(C(=O)N2CCC(N(C)C(=O)c3cc4ccccc4[nH]3)C(c3ccc(Cl)c(Cl)c3)C2)CC1. The lowest BCUT2D eigenvalue weighted by Gasteiger charge is -2.44. The van der Waals surface area contributed by atoms with Crippen molar-refractivity contribution in [1.29, 1.82) is 0 Å². The molecule has 3 heterocycles. The molecule has 7 nitrogen and oxygen atoms in total. The Morgan fingerprint density at radius 3 is 2.32 bits per heavy atom. The van der Waals surface area contributed by atoms with Crippen LogP contribution in [-0.4, -0.2) is 76.7 Å². The fourth-order valence-electron chi connectivity index (χ4n) is 5.90. The first kappa shape index (κ1) is 26.6. The van der Waals surface area contributed by atoms with E-state index in [2.05, 4.69) is 4.98 Å². The smallest absolute Gasteiger partial charge is 0.270 e. The fourth-order valence-corrected chi connectivity index (χ4v) is 6.21. The van der Waals surface area contributed by atoms with Crippen molar-refractivity contribution in [2.45, 2.75) is 38.1 Å². The van der Waals surface area contributed by atoms with Gasteiger partial charge in [0.15, 0.2) is 0 Å². The van der Waals surface area contributed by atoms with E-state index in [0.29, 0.717) is 61.2 Å². The molecule has 2 aliphatic heterocycles. The molecule has 2 saturated heterocycles. The third-order valence-corrected chi connectivity index (χ3v) is 8.87. The van der Waals surface area contributed by atoms with Gasteiger partial charge in [-0.3, -0.25) is 14.4 Å². The van der Waals surface area contributed by atoms with Crippen molar-refractivity contribution >= 4 is 51.8 Å². The van der Waals surface area contributed by atoms with Gasteiger partial charge in [0.1, 0.15) is 5.69 Å². The van der Waals surface area contributed by atoms with Gasteiger partial charge in [-0.2, -0.15) is 0 Å². The van der Waals surface area contributed by atoms with Crippen molar-refractivity contribution in [2.75, 3.05) is 33.2 Å². The van der Waals surface area contributed by atoms with E-state index in [9.17, 15) is 14.4 Å². The van der Waals surface area contributed by atoms with Crippen LogP contribution in [0.25, 0.3) is 10.9 Å². The monoisotopic (exact) mass is 554 g/mol. The number of piperidine rings is 2. The molecule has 0 saturated carbocycles. The maximum absolute atomic E-state index is 13.6. The number of likely N-dealkylation sites (N-methyl/N-ethyl adjacent to an activating group) is 1. The van der Waals surface area contributed by atoms with E-state index in [-0.39, 0.29) is 35.6 Å². The zero-order valence-corrected chi connectivity index (χ0v) is 23.1. The average Bonchev–Trinajstić information content (AvgIpc) is 3.37. The number of fused-ring (bicyclic) bond motifs is 1. The van der Waals surface area contributed by atoms with E-state index in [1.165, 1.54) is 0 Å². The van der Waals surface area contributed by atoms with E-state index in [0.717, 1.165) is 16.5 Å². The number of H-pyrrole nitrogens is 1. The molecule has 0 radical (unpaired) electrons. The highest BCUT2D eigenvalue weighted by atomic mass is 35.5. The minimum absolute atomic E-state index is 0.0547. The number of para-hydroxylation sites is 1. The van der Waals surface area contributed by atoms with Gasteiger partial charge in [0.25, 0.3) is 5.91 Å². The summed E-state index contributed by atoms with van der Waals surface area (Å²) in [5, 5.41) is 1.91. The number of aromatic amines is 1. The van der Waals surface area contributed by atoms with E-state index in [4.69, 9.17) is 23.2 Å². The second-order valence-corrected chi connectivity index (χ2v) is 11.2. The summed E-state index contributed by atoms with van der Waals surface area (Å²) in [6.07, 6.45) is 1.99. The first-order valence-corrected chi connectivity index (χ1v) is 13.8. The highest BCUT2D eigenvalue weighted by Crippen LogP contribution is 2.35. The lowest BCUT2D eigenvalue weighted by molar-refractivity contribution is -0.141. The standard InChI is InChI=1S/C29H32Cl2N4O3/c1-18(36)34-12-9-19(10-13-34)28(37)35-14-11-27(22(17-35)20-7-8-23(30)24(31)15-20)33(2)29(38)26-16-21-5-3-4-6-25(21)32-26/h3-8,15-16,19,22,27,32H,9-14,17H2,1-2H3. The number of likely N-dealkylation sites (tertiary alicyclic amines) is 2. The van der Waals surface area contributed by atoms with Gasteiger partial charge in [-0.05, 0) is 49.1 Å². The molecule has 2 aromatic carbocycles. The Hall–Kier alpha value is -3.03. The lowest BCUT2D eigenvalue weighted by Crippen LogP contribution is -2.53. The Balaban J connectivity index is 1.38. The van der Waals surface area contributed by atoms with Gasteiger partial charge < -0.3 is 19.7 Å². The summed E-state index contributed by atoms with van der Waals surface area (Å²) in [5.41, 5.74) is 2.41. The second kappa shape index (κ2) is 11.0. The van der Waals surface area contributed by atoms with Crippen LogP contribution in [-0.2, 0) is 9.59 Å². The number of rotatable bonds is 4. The third-order valence-electron chi connectivity index (χ3n) is 8.13. The molecule has 3 amide bonds. The van der Waals surface area contributed by atoms with E-state index in [1.54, 1.807) is 22.8 Å². The van der Waals surface area contributed by atoms with Crippen LogP contribution < -0.4 is 0 Å². The van der Waals surface area contributed by atoms with Crippen LogP contribution in [0.4, 0.5) is 0 Å². The zero-order chi connectivity index (χ0) is 27.0. The number of amides is 3. The van der Waals surface area contributed by atoms with Crippen LogP contribution >= 0.6 is 23.2 Å². The summed E-state index contributed by atoms with van der Waals surface area (Å²) in [6, 6.07) is 15.1. The highest BCUT2D eigenvalue weighted by Gasteiger charge is 2.39. The van der Waals surface area contributed by atoms with Crippen LogP contribution in [0.1, 0.15) is 48.2 Å². The highest BCUT2D eigenvalue weighted by molar-refractivity contribution is 6.42. The number of halogens is 2. The number of nitrogens with one attached hydrogen (secondary N) is 1. The van der Waals surface area contributed by atoms with Crippen molar-refractivity contribution in [3.05, 3.63) is 69.8 Å². The molecule has 0 bridgehead atoms. The number of carbonyl (C=O) groups is 3. The van der Waals surface area contributed by atoms with Crippen molar-refractivity contribution in [3.63, 3.8) is 0 Å². The number of benzene rings is 2. The Labute approximate surface area is 232 Å². The summed E-state index contributed by atoms with van der Waals surface area (Å²) < 4.78 is 0. The third kappa shape index (κ3) is 5.27. The molecule has 2 unspecified atom stereocenters. The van der Waals surface area contributed by atoms with Gasteiger partial charge in [-0.25, -0.2) is 0 Å². The van der Waals surface area contributed by atoms with Crippen molar-refractivity contribution in [1.82, 2.24) is 19.7 Å². The van der Waals surface area contributed by atoms with Crippen molar-refractivity contribution in [2.24, 2.45) is 5.92 Å². The molecule has 2 atom stereocenters. The Kier molecular flexibility index (Phi) is 7.68. The molecule has 38 heavy (non-hydrogen) atoms.